The number of aromatic nitrogens is 2. The van der Waals surface area contributed by atoms with Crippen molar-refractivity contribution < 1.29 is 26.3 Å². The second-order valence-electron chi connectivity index (χ2n) is 4.39. The molecule has 0 amide bonds. The molecule has 0 aromatic carbocycles. The molecule has 0 radical (unpaired) electrons. The topological polar surface area (TPSA) is 55.9 Å². The summed E-state index contributed by atoms with van der Waals surface area (Å²) in [5.41, 5.74) is 2.16. The fraction of sp³-hybridized carbons (Fsp3) is 0.700. The van der Waals surface area contributed by atoms with E-state index in [0.717, 1.165) is 0 Å². The van der Waals surface area contributed by atoms with Crippen LogP contribution in [0.3, 0.4) is 0 Å². The molecule has 20 heavy (non-hydrogen) atoms. The molecule has 0 spiro atoms. The maximum absolute atomic E-state index is 12.6. The fourth-order valence-corrected chi connectivity index (χ4v) is 1.91. The quantitative estimate of drug-likeness (QED) is 0.496. The minimum absolute atomic E-state index is 0.00532. The van der Waals surface area contributed by atoms with E-state index >= 15 is 0 Å². The third-order valence-electron chi connectivity index (χ3n) is 2.82. The van der Waals surface area contributed by atoms with Crippen molar-refractivity contribution in [1.29, 1.82) is 0 Å². The highest BCUT2D eigenvalue weighted by atomic mass is 19.4. The molecular formula is C10H14F6N4. The van der Waals surface area contributed by atoms with Crippen LogP contribution in [0.4, 0.5) is 26.3 Å². The van der Waals surface area contributed by atoms with Crippen LogP contribution in [0, 0.1) is 5.92 Å². The van der Waals surface area contributed by atoms with Crippen LogP contribution in [0.2, 0.25) is 0 Å². The number of aryl methyl sites for hydroxylation is 2. The first kappa shape index (κ1) is 16.8. The minimum Gasteiger partial charge on any atom is -0.276 e. The van der Waals surface area contributed by atoms with E-state index in [1.807, 2.05) is 0 Å². The largest absolute Gasteiger partial charge is 0.402 e. The van der Waals surface area contributed by atoms with Crippen molar-refractivity contribution in [2.45, 2.75) is 31.2 Å². The van der Waals surface area contributed by atoms with Crippen molar-refractivity contribution in [2.24, 2.45) is 18.8 Å². The first-order valence-electron chi connectivity index (χ1n) is 5.62. The summed E-state index contributed by atoms with van der Waals surface area (Å²) in [4.78, 5) is 0. The summed E-state index contributed by atoms with van der Waals surface area (Å²) < 4.78 is 76.7. The number of hydrogen-bond donors (Lipinski definition) is 2. The number of hydrazine groups is 1. The highest BCUT2D eigenvalue weighted by Crippen LogP contribution is 2.42. The number of halogens is 6. The van der Waals surface area contributed by atoms with Crippen LogP contribution in [0.25, 0.3) is 0 Å². The van der Waals surface area contributed by atoms with E-state index in [9.17, 15) is 26.3 Å². The molecular weight excluding hydrogens is 290 g/mol. The van der Waals surface area contributed by atoms with Gasteiger partial charge in [-0.3, -0.25) is 16.0 Å². The summed E-state index contributed by atoms with van der Waals surface area (Å²) in [5.74, 6) is 1.36. The Labute approximate surface area is 110 Å². The third kappa shape index (κ3) is 4.37. The summed E-state index contributed by atoms with van der Waals surface area (Å²) in [7, 11) is 1.59. The summed E-state index contributed by atoms with van der Waals surface area (Å²) in [5, 5.41) is 3.78. The molecule has 4 nitrogen and oxygen atoms in total. The SMILES string of the molecule is Cn1cc(CCC(NN)C(C(F)(F)F)C(F)(F)F)cn1. The Hall–Kier alpha value is -1.29. The van der Waals surface area contributed by atoms with Crippen LogP contribution in [-0.2, 0) is 13.5 Å². The molecule has 0 saturated heterocycles. The monoisotopic (exact) mass is 304 g/mol. The Morgan fingerprint density at radius 2 is 1.80 bits per heavy atom. The number of rotatable bonds is 5. The fourth-order valence-electron chi connectivity index (χ4n) is 1.91. The van der Waals surface area contributed by atoms with Gasteiger partial charge in [-0.2, -0.15) is 31.4 Å². The molecule has 1 atom stereocenters. The zero-order valence-corrected chi connectivity index (χ0v) is 10.5. The van der Waals surface area contributed by atoms with E-state index in [-0.39, 0.29) is 6.42 Å². The van der Waals surface area contributed by atoms with Gasteiger partial charge in [-0.15, -0.1) is 0 Å². The number of nitrogens with two attached hydrogens (primary N) is 1. The van der Waals surface area contributed by atoms with Crippen LogP contribution < -0.4 is 11.3 Å². The molecule has 1 aromatic heterocycles. The molecule has 1 heterocycles. The van der Waals surface area contributed by atoms with Crippen LogP contribution in [-0.4, -0.2) is 28.2 Å². The molecule has 1 aromatic rings. The summed E-state index contributed by atoms with van der Waals surface area (Å²) in [6, 6.07) is -1.95. The van der Waals surface area contributed by atoms with E-state index < -0.39 is 30.7 Å². The Morgan fingerprint density at radius 1 is 1.25 bits per heavy atom. The molecule has 0 bridgehead atoms. The number of hydrogen-bond acceptors (Lipinski definition) is 3. The second kappa shape index (κ2) is 6.00. The molecule has 0 fully saturated rings. The smallest absolute Gasteiger partial charge is 0.276 e. The van der Waals surface area contributed by atoms with Gasteiger partial charge in [0.2, 0.25) is 0 Å². The van der Waals surface area contributed by atoms with Gasteiger partial charge in [0.05, 0.1) is 6.20 Å². The van der Waals surface area contributed by atoms with Crippen LogP contribution >= 0.6 is 0 Å². The van der Waals surface area contributed by atoms with Crippen molar-refractivity contribution in [3.63, 3.8) is 0 Å². The van der Waals surface area contributed by atoms with Crippen molar-refractivity contribution in [2.75, 3.05) is 0 Å². The van der Waals surface area contributed by atoms with Gasteiger partial charge >= 0.3 is 12.4 Å². The Balaban J connectivity index is 2.81. The van der Waals surface area contributed by atoms with E-state index in [2.05, 4.69) is 5.10 Å². The van der Waals surface area contributed by atoms with Crippen LogP contribution in [0.5, 0.6) is 0 Å². The minimum atomic E-state index is -5.41. The van der Waals surface area contributed by atoms with Crippen LogP contribution in [0.15, 0.2) is 12.4 Å². The first-order valence-corrected chi connectivity index (χ1v) is 5.62. The van der Waals surface area contributed by atoms with E-state index in [4.69, 9.17) is 5.84 Å². The van der Waals surface area contributed by atoms with Gasteiger partial charge < -0.3 is 0 Å². The maximum atomic E-state index is 12.6. The van der Waals surface area contributed by atoms with E-state index in [1.54, 1.807) is 12.5 Å². The van der Waals surface area contributed by atoms with Crippen molar-refractivity contribution >= 4 is 0 Å². The first-order chi connectivity index (χ1) is 9.05. The summed E-state index contributed by atoms with van der Waals surface area (Å²) in [6.07, 6.45) is -8.33. The average Bonchev–Trinajstić information content (AvgIpc) is 2.66. The predicted octanol–water partition coefficient (Wildman–Crippen LogP) is 1.93. The molecule has 1 rings (SSSR count). The lowest BCUT2D eigenvalue weighted by molar-refractivity contribution is -0.292. The Kier molecular flexibility index (Phi) is 5.03. The van der Waals surface area contributed by atoms with Crippen molar-refractivity contribution in [3.8, 4) is 0 Å². The number of nitrogens with one attached hydrogen (secondary N) is 1. The molecule has 0 aliphatic heterocycles. The Bertz CT molecular complexity index is 410. The molecule has 0 aliphatic carbocycles. The zero-order valence-electron chi connectivity index (χ0n) is 10.5. The van der Waals surface area contributed by atoms with E-state index in [1.165, 1.54) is 17.1 Å². The normalized spacial score (nSPS) is 14.8. The average molecular weight is 304 g/mol. The van der Waals surface area contributed by atoms with Gasteiger partial charge in [0, 0.05) is 19.3 Å². The molecule has 10 heteroatoms. The molecule has 116 valence electrons. The second-order valence-corrected chi connectivity index (χ2v) is 4.39. The predicted molar refractivity (Wildman–Crippen MR) is 58.2 cm³/mol. The zero-order chi connectivity index (χ0) is 15.6. The lowest BCUT2D eigenvalue weighted by Gasteiger charge is -2.30. The summed E-state index contributed by atoms with van der Waals surface area (Å²) in [6.45, 7) is 0. The highest BCUT2D eigenvalue weighted by Gasteiger charge is 2.59. The standard InChI is InChI=1S/C10H14F6N4/c1-20-5-6(4-18-20)2-3-7(19-17)8(9(11,12)13)10(14,15)16/h4-5,7-8,19H,2-3,17H2,1H3. The van der Waals surface area contributed by atoms with Gasteiger partial charge in [-0.05, 0) is 18.4 Å². The van der Waals surface area contributed by atoms with E-state index in [0.29, 0.717) is 5.56 Å². The van der Waals surface area contributed by atoms with Gasteiger partial charge in [-0.25, -0.2) is 0 Å². The van der Waals surface area contributed by atoms with Crippen molar-refractivity contribution in [1.82, 2.24) is 15.2 Å². The van der Waals surface area contributed by atoms with Crippen LogP contribution in [0.1, 0.15) is 12.0 Å². The molecule has 0 aliphatic rings. The molecule has 0 saturated carbocycles. The lowest BCUT2D eigenvalue weighted by Crippen LogP contribution is -2.53. The molecule has 3 N–H and O–H groups in total. The van der Waals surface area contributed by atoms with Gasteiger partial charge in [0.1, 0.15) is 0 Å². The lowest BCUT2D eigenvalue weighted by atomic mass is 9.93. The third-order valence-corrected chi connectivity index (χ3v) is 2.82. The Morgan fingerprint density at radius 3 is 2.15 bits per heavy atom. The molecule has 1 unspecified atom stereocenters. The van der Waals surface area contributed by atoms with Gasteiger partial charge in [0.25, 0.3) is 0 Å². The highest BCUT2D eigenvalue weighted by molar-refractivity contribution is 5.04. The number of alkyl halides is 6. The van der Waals surface area contributed by atoms with Crippen molar-refractivity contribution in [3.05, 3.63) is 18.0 Å². The van der Waals surface area contributed by atoms with Gasteiger partial charge in [0.15, 0.2) is 5.92 Å². The number of nitrogens with zero attached hydrogens (tertiary/aromatic N) is 2. The maximum Gasteiger partial charge on any atom is 0.402 e. The van der Waals surface area contributed by atoms with Gasteiger partial charge in [-0.1, -0.05) is 0 Å². The summed E-state index contributed by atoms with van der Waals surface area (Å²) >= 11 is 0.